The summed E-state index contributed by atoms with van der Waals surface area (Å²) in [6.07, 6.45) is 0. The zero-order valence-corrected chi connectivity index (χ0v) is 34.4. The van der Waals surface area contributed by atoms with Crippen LogP contribution in [0.15, 0.2) is 247 Å². The first-order valence-corrected chi connectivity index (χ1v) is 21.5. The van der Waals surface area contributed by atoms with Crippen molar-refractivity contribution in [3.8, 4) is 50.2 Å². The number of anilines is 3. The fourth-order valence-corrected chi connectivity index (χ4v) is 9.41. The second kappa shape index (κ2) is 15.3. The van der Waals surface area contributed by atoms with Crippen molar-refractivity contribution in [3.05, 3.63) is 243 Å². The van der Waals surface area contributed by atoms with E-state index in [-0.39, 0.29) is 0 Å². The van der Waals surface area contributed by atoms with Crippen LogP contribution in [0.5, 0.6) is 0 Å². The highest BCUT2D eigenvalue weighted by Gasteiger charge is 2.18. The molecule has 12 aromatic rings. The van der Waals surface area contributed by atoms with E-state index in [0.29, 0.717) is 0 Å². The van der Waals surface area contributed by atoms with Gasteiger partial charge in [-0.25, -0.2) is 0 Å². The molecule has 0 saturated carbocycles. The van der Waals surface area contributed by atoms with Gasteiger partial charge in [-0.1, -0.05) is 164 Å². The van der Waals surface area contributed by atoms with Crippen molar-refractivity contribution in [2.24, 2.45) is 0 Å². The Hall–Kier alpha value is -8.40. The minimum atomic E-state index is 0.897. The van der Waals surface area contributed by atoms with Gasteiger partial charge in [-0.15, -0.1) is 0 Å². The Kier molecular flexibility index (Phi) is 8.83. The normalized spacial score (nSPS) is 11.5. The predicted octanol–water partition coefficient (Wildman–Crippen LogP) is 16.8. The molecular formula is C60H40N2O. The van der Waals surface area contributed by atoms with Gasteiger partial charge in [0.2, 0.25) is 0 Å². The van der Waals surface area contributed by atoms with Gasteiger partial charge in [-0.05, 0) is 123 Å². The summed E-state index contributed by atoms with van der Waals surface area (Å²) < 4.78 is 8.64. The minimum Gasteiger partial charge on any atom is -0.456 e. The number of hydrogen-bond donors (Lipinski definition) is 0. The van der Waals surface area contributed by atoms with Crippen molar-refractivity contribution in [1.82, 2.24) is 4.57 Å². The van der Waals surface area contributed by atoms with E-state index in [2.05, 4.69) is 240 Å². The summed E-state index contributed by atoms with van der Waals surface area (Å²) >= 11 is 0. The van der Waals surface area contributed by atoms with Gasteiger partial charge in [-0.3, -0.25) is 0 Å². The van der Waals surface area contributed by atoms with Crippen LogP contribution in [-0.2, 0) is 0 Å². The van der Waals surface area contributed by atoms with Gasteiger partial charge in [0.1, 0.15) is 11.2 Å². The van der Waals surface area contributed by atoms with Gasteiger partial charge in [-0.2, -0.15) is 0 Å². The Morgan fingerprint density at radius 1 is 0.302 bits per heavy atom. The molecular weight excluding hydrogens is 765 g/mol. The summed E-state index contributed by atoms with van der Waals surface area (Å²) in [4.78, 5) is 2.36. The maximum Gasteiger partial charge on any atom is 0.136 e. The summed E-state index contributed by atoms with van der Waals surface area (Å²) in [6, 6.07) is 87.1. The summed E-state index contributed by atoms with van der Waals surface area (Å²) in [6.45, 7) is 0. The molecule has 0 fully saturated rings. The van der Waals surface area contributed by atoms with Gasteiger partial charge < -0.3 is 13.9 Å². The molecule has 2 heterocycles. The topological polar surface area (TPSA) is 21.3 Å². The number of furan rings is 1. The number of benzene rings is 10. The first-order chi connectivity index (χ1) is 31.2. The smallest absolute Gasteiger partial charge is 0.136 e. The first kappa shape index (κ1) is 36.5. The summed E-state index contributed by atoms with van der Waals surface area (Å²) in [5.74, 6) is 0. The average molecular weight is 805 g/mol. The summed E-state index contributed by atoms with van der Waals surface area (Å²) in [5.41, 5.74) is 17.9. The Labute approximate surface area is 366 Å². The third kappa shape index (κ3) is 6.46. The van der Waals surface area contributed by atoms with Crippen LogP contribution in [0.1, 0.15) is 0 Å². The van der Waals surface area contributed by atoms with Gasteiger partial charge >= 0.3 is 0 Å². The van der Waals surface area contributed by atoms with E-state index in [0.717, 1.165) is 72.5 Å². The maximum absolute atomic E-state index is 6.26. The Bertz CT molecular complexity index is 3560. The number of aromatic nitrogens is 1. The zero-order valence-electron chi connectivity index (χ0n) is 34.4. The van der Waals surface area contributed by atoms with Crippen LogP contribution in [0.3, 0.4) is 0 Å². The third-order valence-corrected chi connectivity index (χ3v) is 12.4. The Morgan fingerprint density at radius 3 is 1.51 bits per heavy atom. The van der Waals surface area contributed by atoms with Crippen molar-refractivity contribution >= 4 is 60.8 Å². The molecule has 296 valence electrons. The lowest BCUT2D eigenvalue weighted by Crippen LogP contribution is -2.10. The number of rotatable bonds is 8. The average Bonchev–Trinajstić information content (AvgIpc) is 3.91. The molecule has 0 bridgehead atoms. The quantitative estimate of drug-likeness (QED) is 0.153. The first-order valence-electron chi connectivity index (χ1n) is 21.5. The molecule has 0 atom stereocenters. The fraction of sp³-hybridized carbons (Fsp3) is 0. The highest BCUT2D eigenvalue weighted by molar-refractivity contribution is 6.12. The van der Waals surface area contributed by atoms with E-state index in [1.165, 1.54) is 38.5 Å². The van der Waals surface area contributed by atoms with Crippen LogP contribution in [0.2, 0.25) is 0 Å². The highest BCUT2D eigenvalue weighted by Crippen LogP contribution is 2.41. The van der Waals surface area contributed by atoms with Crippen molar-refractivity contribution in [2.75, 3.05) is 4.90 Å². The van der Waals surface area contributed by atoms with Crippen LogP contribution in [-0.4, -0.2) is 4.57 Å². The van der Waals surface area contributed by atoms with Crippen molar-refractivity contribution in [3.63, 3.8) is 0 Å². The maximum atomic E-state index is 6.26. The molecule has 0 spiro atoms. The number of para-hydroxylation sites is 3. The van der Waals surface area contributed by atoms with Crippen LogP contribution >= 0.6 is 0 Å². The van der Waals surface area contributed by atoms with E-state index in [4.69, 9.17) is 4.42 Å². The third-order valence-electron chi connectivity index (χ3n) is 12.4. The molecule has 0 aliphatic heterocycles. The molecule has 63 heavy (non-hydrogen) atoms. The number of fused-ring (bicyclic) bond motifs is 6. The molecule has 3 nitrogen and oxygen atoms in total. The van der Waals surface area contributed by atoms with E-state index in [1.54, 1.807) is 0 Å². The molecule has 0 amide bonds. The standard InChI is InChI=1S/C60H40N2O/c1-2-14-41(15-3-1)44-16-10-17-45(38-44)47-19-12-20-50(40-47)61(49-36-32-43(33-37-49)52-25-13-29-59-60(52)55-24-6-9-28-58(55)63-59)48-34-30-42(31-35-48)46-18-11-21-51(39-46)62-56-26-7-4-22-53(56)54-23-5-8-27-57(54)62/h1-40H. The SMILES string of the molecule is c1ccc(-c2cccc(-c3cccc(N(c4ccc(-c5cccc(-n6c7ccccc7c7ccccc76)c5)cc4)c4ccc(-c5cccc6oc7ccccc7c56)cc4)c3)c2)cc1. The molecule has 0 aliphatic rings. The molecule has 2 aromatic heterocycles. The molecule has 0 unspecified atom stereocenters. The van der Waals surface area contributed by atoms with Crippen LogP contribution in [0.25, 0.3) is 93.9 Å². The number of nitrogens with zero attached hydrogens (tertiary/aromatic N) is 2. The van der Waals surface area contributed by atoms with Crippen molar-refractivity contribution < 1.29 is 4.42 Å². The molecule has 12 rings (SSSR count). The summed E-state index contributed by atoms with van der Waals surface area (Å²) in [5, 5.41) is 4.79. The van der Waals surface area contributed by atoms with Crippen LogP contribution in [0.4, 0.5) is 17.1 Å². The Balaban J connectivity index is 0.946. The fourth-order valence-electron chi connectivity index (χ4n) is 9.41. The van der Waals surface area contributed by atoms with E-state index >= 15 is 0 Å². The lowest BCUT2D eigenvalue weighted by atomic mass is 9.98. The molecule has 0 radical (unpaired) electrons. The van der Waals surface area contributed by atoms with Crippen LogP contribution in [0, 0.1) is 0 Å². The number of hydrogen-bond acceptors (Lipinski definition) is 2. The van der Waals surface area contributed by atoms with E-state index in [1.807, 2.05) is 12.1 Å². The minimum absolute atomic E-state index is 0.897. The van der Waals surface area contributed by atoms with Crippen molar-refractivity contribution in [1.29, 1.82) is 0 Å². The van der Waals surface area contributed by atoms with E-state index < -0.39 is 0 Å². The van der Waals surface area contributed by atoms with Crippen molar-refractivity contribution in [2.45, 2.75) is 0 Å². The highest BCUT2D eigenvalue weighted by atomic mass is 16.3. The molecule has 0 aliphatic carbocycles. The predicted molar refractivity (Wildman–Crippen MR) is 264 cm³/mol. The van der Waals surface area contributed by atoms with Crippen LogP contribution < -0.4 is 4.90 Å². The summed E-state index contributed by atoms with van der Waals surface area (Å²) in [7, 11) is 0. The lowest BCUT2D eigenvalue weighted by molar-refractivity contribution is 0.669. The lowest BCUT2D eigenvalue weighted by Gasteiger charge is -2.26. The zero-order chi connectivity index (χ0) is 41.7. The molecule has 10 aromatic carbocycles. The Morgan fingerprint density at radius 2 is 0.794 bits per heavy atom. The second-order valence-electron chi connectivity index (χ2n) is 16.1. The molecule has 0 N–H and O–H groups in total. The van der Waals surface area contributed by atoms with Gasteiger partial charge in [0.25, 0.3) is 0 Å². The van der Waals surface area contributed by atoms with Gasteiger partial charge in [0, 0.05) is 44.3 Å². The molecule has 3 heteroatoms. The van der Waals surface area contributed by atoms with Gasteiger partial charge in [0.15, 0.2) is 0 Å². The second-order valence-corrected chi connectivity index (χ2v) is 16.1. The monoisotopic (exact) mass is 804 g/mol. The molecule has 0 saturated heterocycles. The largest absolute Gasteiger partial charge is 0.456 e. The van der Waals surface area contributed by atoms with E-state index in [9.17, 15) is 0 Å². The van der Waals surface area contributed by atoms with Gasteiger partial charge in [0.05, 0.1) is 11.0 Å².